The second kappa shape index (κ2) is 10.9. The fourth-order valence-corrected chi connectivity index (χ4v) is 6.02. The average molecular weight is 515 g/mol. The van der Waals surface area contributed by atoms with Crippen molar-refractivity contribution in [2.75, 3.05) is 6.61 Å². The molecule has 0 aliphatic carbocycles. The van der Waals surface area contributed by atoms with Crippen molar-refractivity contribution in [3.05, 3.63) is 75.6 Å². The second-order valence-electron chi connectivity index (χ2n) is 8.33. The van der Waals surface area contributed by atoms with Gasteiger partial charge >= 0.3 is 0 Å². The number of halogens is 1. The molecule has 1 amide bonds. The summed E-state index contributed by atoms with van der Waals surface area (Å²) in [6.45, 7) is 4.87. The second-order valence-corrected chi connectivity index (χ2v) is 10.7. The molecule has 0 saturated carbocycles. The van der Waals surface area contributed by atoms with Gasteiger partial charge in [-0.15, -0.1) is 11.8 Å². The Morgan fingerprint density at radius 1 is 1.18 bits per heavy atom. The van der Waals surface area contributed by atoms with Gasteiger partial charge in [-0.05, 0) is 46.5 Å². The standard InChI is InChI=1S/C26H27ClN2O3S2/c1-3-17(4-2)15-32-23-11-7-10-22(28-23)26(18-12-13-33-16-18)14-20(30)24(25(31)29-26)34-21-9-6-5-8-19(21)27/h5-13,16-17,24H,3-4,14-15H2,1-2H3,(H,29,31). The van der Waals surface area contributed by atoms with Gasteiger partial charge in [0.05, 0.1) is 17.3 Å². The van der Waals surface area contributed by atoms with Crippen LogP contribution in [0.4, 0.5) is 0 Å². The Morgan fingerprint density at radius 3 is 2.65 bits per heavy atom. The van der Waals surface area contributed by atoms with Crippen molar-refractivity contribution in [1.82, 2.24) is 10.3 Å². The number of nitrogens with one attached hydrogen (secondary N) is 1. The molecule has 178 valence electrons. The van der Waals surface area contributed by atoms with Gasteiger partial charge in [0.15, 0.2) is 5.78 Å². The van der Waals surface area contributed by atoms with Crippen molar-refractivity contribution in [2.24, 2.45) is 5.92 Å². The quantitative estimate of drug-likeness (QED) is 0.349. The molecule has 1 aromatic carbocycles. The van der Waals surface area contributed by atoms with Crippen LogP contribution in [0.15, 0.2) is 64.2 Å². The third kappa shape index (κ3) is 5.16. The van der Waals surface area contributed by atoms with Crippen LogP contribution in [-0.2, 0) is 15.1 Å². The van der Waals surface area contributed by atoms with E-state index in [1.54, 1.807) is 6.07 Å². The van der Waals surface area contributed by atoms with E-state index in [2.05, 4.69) is 19.2 Å². The topological polar surface area (TPSA) is 68.3 Å². The molecule has 1 saturated heterocycles. The Kier molecular flexibility index (Phi) is 7.96. The molecular formula is C26H27ClN2O3S2. The summed E-state index contributed by atoms with van der Waals surface area (Å²) in [5, 5.41) is 6.68. The van der Waals surface area contributed by atoms with E-state index in [-0.39, 0.29) is 18.1 Å². The highest BCUT2D eigenvalue weighted by molar-refractivity contribution is 8.01. The molecular weight excluding hydrogens is 488 g/mol. The number of aromatic nitrogens is 1. The summed E-state index contributed by atoms with van der Waals surface area (Å²) >= 11 is 8.97. The number of rotatable bonds is 9. The first kappa shape index (κ1) is 24.8. The van der Waals surface area contributed by atoms with Gasteiger partial charge in [0.2, 0.25) is 11.8 Å². The number of piperidine rings is 1. The first-order chi connectivity index (χ1) is 16.5. The number of benzene rings is 1. The van der Waals surface area contributed by atoms with Gasteiger partial charge in [0.25, 0.3) is 0 Å². The number of nitrogens with zero attached hydrogens (tertiary/aromatic N) is 1. The van der Waals surface area contributed by atoms with Gasteiger partial charge in [-0.2, -0.15) is 11.3 Å². The van der Waals surface area contributed by atoms with Crippen molar-refractivity contribution in [3.8, 4) is 5.88 Å². The van der Waals surface area contributed by atoms with Crippen molar-refractivity contribution in [3.63, 3.8) is 0 Å². The van der Waals surface area contributed by atoms with Crippen LogP contribution in [0.3, 0.4) is 0 Å². The maximum absolute atomic E-state index is 13.4. The third-order valence-corrected chi connectivity index (χ3v) is 8.63. The molecule has 5 nitrogen and oxygen atoms in total. The molecule has 2 atom stereocenters. The number of amides is 1. The molecule has 3 aromatic rings. The lowest BCUT2D eigenvalue weighted by atomic mass is 9.79. The van der Waals surface area contributed by atoms with E-state index in [0.29, 0.717) is 34.0 Å². The van der Waals surface area contributed by atoms with Crippen LogP contribution in [-0.4, -0.2) is 28.5 Å². The highest BCUT2D eigenvalue weighted by Crippen LogP contribution is 2.41. The number of carbonyl (C=O) groups is 2. The summed E-state index contributed by atoms with van der Waals surface area (Å²) in [5.41, 5.74) is 0.390. The third-order valence-electron chi connectivity index (χ3n) is 6.18. The number of hydrogen-bond acceptors (Lipinski definition) is 6. The number of ether oxygens (including phenoxy) is 1. The molecule has 3 heterocycles. The average Bonchev–Trinajstić information content (AvgIpc) is 3.39. The Hall–Kier alpha value is -2.35. The summed E-state index contributed by atoms with van der Waals surface area (Å²) in [6, 6.07) is 14.7. The molecule has 1 aliphatic rings. The monoisotopic (exact) mass is 514 g/mol. The molecule has 34 heavy (non-hydrogen) atoms. The zero-order chi connectivity index (χ0) is 24.1. The number of pyridine rings is 1. The van der Waals surface area contributed by atoms with Crippen LogP contribution in [0.2, 0.25) is 5.02 Å². The molecule has 0 radical (unpaired) electrons. The van der Waals surface area contributed by atoms with E-state index >= 15 is 0 Å². The lowest BCUT2D eigenvalue weighted by molar-refractivity contribution is -0.133. The van der Waals surface area contributed by atoms with E-state index in [1.165, 1.54) is 23.1 Å². The minimum atomic E-state index is -1.04. The van der Waals surface area contributed by atoms with Crippen molar-refractivity contribution >= 4 is 46.4 Å². The maximum atomic E-state index is 13.4. The molecule has 2 unspecified atom stereocenters. The summed E-state index contributed by atoms with van der Waals surface area (Å²) in [6.07, 6.45) is 2.16. The lowest BCUT2D eigenvalue weighted by Crippen LogP contribution is -2.58. The largest absolute Gasteiger partial charge is 0.477 e. The van der Waals surface area contributed by atoms with Crippen LogP contribution < -0.4 is 10.1 Å². The fourth-order valence-electron chi connectivity index (χ4n) is 4.05. The van der Waals surface area contributed by atoms with Crippen molar-refractivity contribution < 1.29 is 14.3 Å². The van der Waals surface area contributed by atoms with E-state index in [9.17, 15) is 9.59 Å². The van der Waals surface area contributed by atoms with E-state index < -0.39 is 10.8 Å². The highest BCUT2D eigenvalue weighted by atomic mass is 35.5. The van der Waals surface area contributed by atoms with Crippen LogP contribution in [0.25, 0.3) is 0 Å². The number of hydrogen-bond donors (Lipinski definition) is 1. The molecule has 0 bridgehead atoms. The minimum absolute atomic E-state index is 0.0978. The number of ketones is 1. The first-order valence-corrected chi connectivity index (χ1v) is 13.6. The Bertz CT molecular complexity index is 1130. The van der Waals surface area contributed by atoms with Crippen LogP contribution in [0.1, 0.15) is 44.4 Å². The maximum Gasteiger partial charge on any atom is 0.242 e. The summed E-state index contributed by atoms with van der Waals surface area (Å²) in [5.74, 6) is 0.436. The number of Topliss-reactive ketones (excluding diaryl/α,β-unsaturated/α-hetero) is 1. The van der Waals surface area contributed by atoms with Gasteiger partial charge in [-0.3, -0.25) is 9.59 Å². The van der Waals surface area contributed by atoms with E-state index in [0.717, 1.165) is 18.4 Å². The highest BCUT2D eigenvalue weighted by Gasteiger charge is 2.48. The predicted molar refractivity (Wildman–Crippen MR) is 138 cm³/mol. The molecule has 1 aliphatic heterocycles. The van der Waals surface area contributed by atoms with Crippen LogP contribution in [0, 0.1) is 5.92 Å². The molecule has 1 N–H and O–H groups in total. The molecule has 4 rings (SSSR count). The van der Waals surface area contributed by atoms with Crippen LogP contribution >= 0.6 is 34.7 Å². The Labute approximate surface area is 213 Å². The number of thiophene rings is 1. The minimum Gasteiger partial charge on any atom is -0.477 e. The first-order valence-electron chi connectivity index (χ1n) is 11.4. The van der Waals surface area contributed by atoms with E-state index in [4.69, 9.17) is 21.3 Å². The van der Waals surface area contributed by atoms with Gasteiger partial charge in [0.1, 0.15) is 10.8 Å². The summed E-state index contributed by atoms with van der Waals surface area (Å²) in [4.78, 5) is 32.2. The normalized spacial score (nSPS) is 20.4. The number of thioether (sulfide) groups is 1. The van der Waals surface area contributed by atoms with Gasteiger partial charge in [0, 0.05) is 17.4 Å². The number of carbonyl (C=O) groups excluding carboxylic acids is 2. The lowest BCUT2D eigenvalue weighted by Gasteiger charge is -2.39. The van der Waals surface area contributed by atoms with Gasteiger partial charge in [-0.1, -0.05) is 56.5 Å². The van der Waals surface area contributed by atoms with Crippen molar-refractivity contribution in [2.45, 2.75) is 48.8 Å². The molecule has 8 heteroatoms. The fraction of sp³-hybridized carbons (Fsp3) is 0.346. The molecule has 2 aromatic heterocycles. The van der Waals surface area contributed by atoms with Crippen molar-refractivity contribution in [1.29, 1.82) is 0 Å². The zero-order valence-corrected chi connectivity index (χ0v) is 21.5. The molecule has 0 spiro atoms. The SMILES string of the molecule is CCC(CC)COc1cccc(C2(c3ccsc3)CC(=O)C(Sc3ccccc3Cl)C(=O)N2)n1. The van der Waals surface area contributed by atoms with Gasteiger partial charge < -0.3 is 10.1 Å². The Balaban J connectivity index is 1.64. The zero-order valence-electron chi connectivity index (χ0n) is 19.1. The summed E-state index contributed by atoms with van der Waals surface area (Å²) in [7, 11) is 0. The van der Waals surface area contributed by atoms with E-state index in [1.807, 2.05) is 53.2 Å². The summed E-state index contributed by atoms with van der Waals surface area (Å²) < 4.78 is 5.99. The molecule has 1 fully saturated rings. The predicted octanol–water partition coefficient (Wildman–Crippen LogP) is 6.11. The smallest absolute Gasteiger partial charge is 0.242 e. The van der Waals surface area contributed by atoms with Gasteiger partial charge in [-0.25, -0.2) is 4.98 Å². The Morgan fingerprint density at radius 2 is 1.97 bits per heavy atom. The van der Waals surface area contributed by atoms with Crippen LogP contribution in [0.5, 0.6) is 5.88 Å².